The lowest BCUT2D eigenvalue weighted by Crippen LogP contribution is -2.28. The molecule has 0 aliphatic carbocycles. The van der Waals surface area contributed by atoms with Gasteiger partial charge in [0, 0.05) is 72.2 Å². The summed E-state index contributed by atoms with van der Waals surface area (Å²) in [5.41, 5.74) is 4.60. The van der Waals surface area contributed by atoms with Crippen LogP contribution in [-0.2, 0) is 22.4 Å². The number of aromatic nitrogens is 2. The van der Waals surface area contributed by atoms with Crippen LogP contribution in [-0.4, -0.2) is 76.9 Å². The van der Waals surface area contributed by atoms with Gasteiger partial charge in [0.15, 0.2) is 11.5 Å². The second kappa shape index (κ2) is 13.5. The second-order valence-electron chi connectivity index (χ2n) is 10.4. The Hall–Kier alpha value is -4.38. The van der Waals surface area contributed by atoms with Gasteiger partial charge in [-0.1, -0.05) is 19.4 Å². The highest BCUT2D eigenvalue weighted by Crippen LogP contribution is 2.50. The molecule has 0 saturated carbocycles. The molecule has 1 aromatic carbocycles. The number of benzene rings is 1. The van der Waals surface area contributed by atoms with E-state index >= 15 is 0 Å². The average Bonchev–Trinajstić information content (AvgIpc) is 3.39. The van der Waals surface area contributed by atoms with Crippen LogP contribution in [0.25, 0.3) is 5.65 Å². The van der Waals surface area contributed by atoms with E-state index in [0.717, 1.165) is 66.5 Å². The van der Waals surface area contributed by atoms with Crippen molar-refractivity contribution in [1.82, 2.24) is 14.3 Å². The number of carbonyl (C=O) groups is 2. The number of methoxy groups -OCH3 is 2. The van der Waals surface area contributed by atoms with Gasteiger partial charge in [-0.15, -0.1) is 0 Å². The molecule has 0 unspecified atom stereocenters. The zero-order chi connectivity index (χ0) is 30.4. The first-order valence-electron chi connectivity index (χ1n) is 13.9. The summed E-state index contributed by atoms with van der Waals surface area (Å²) in [6.45, 7) is 7.48. The van der Waals surface area contributed by atoms with Crippen molar-refractivity contribution in [2.45, 2.75) is 39.0 Å². The molecule has 3 aromatic rings. The molecule has 2 aliphatic rings. The molecular formula is C31H37N3O8. The fraction of sp³-hybridized carbons (Fsp3) is 0.419. The number of rotatable bonds is 9. The van der Waals surface area contributed by atoms with Gasteiger partial charge in [-0.05, 0) is 38.0 Å². The van der Waals surface area contributed by atoms with E-state index in [9.17, 15) is 14.4 Å². The Balaban J connectivity index is 0.000000446. The lowest BCUT2D eigenvalue weighted by atomic mass is 9.85. The smallest absolute Gasteiger partial charge is 0.328 e. The highest BCUT2D eigenvalue weighted by atomic mass is 16.5. The van der Waals surface area contributed by atoms with E-state index in [1.54, 1.807) is 24.8 Å². The molecule has 2 atom stereocenters. The molecular weight excluding hydrogens is 542 g/mol. The molecule has 2 aliphatic heterocycles. The summed E-state index contributed by atoms with van der Waals surface area (Å²) in [5.74, 6) is 0.836. The summed E-state index contributed by atoms with van der Waals surface area (Å²) in [5, 5.41) is 15.6. The van der Waals surface area contributed by atoms with Crippen molar-refractivity contribution in [2.75, 3.05) is 40.5 Å². The second-order valence-corrected chi connectivity index (χ2v) is 10.4. The summed E-state index contributed by atoms with van der Waals surface area (Å²) < 4.78 is 19.5. The van der Waals surface area contributed by atoms with E-state index in [4.69, 9.17) is 24.4 Å². The number of aryl methyl sites for hydroxylation is 1. The van der Waals surface area contributed by atoms with E-state index in [0.29, 0.717) is 42.7 Å². The fourth-order valence-corrected chi connectivity index (χ4v) is 5.77. The van der Waals surface area contributed by atoms with Gasteiger partial charge in [-0.2, -0.15) is 0 Å². The summed E-state index contributed by atoms with van der Waals surface area (Å²) in [4.78, 5) is 39.3. The quantitative estimate of drug-likeness (QED) is 0.363. The first-order chi connectivity index (χ1) is 20.2. The summed E-state index contributed by atoms with van der Waals surface area (Å²) in [7, 11) is 3.43. The van der Waals surface area contributed by atoms with Crippen LogP contribution in [0.1, 0.15) is 41.6 Å². The van der Waals surface area contributed by atoms with Crippen LogP contribution in [0.3, 0.4) is 0 Å². The average molecular weight is 580 g/mol. The minimum Gasteiger partial charge on any atom is -0.496 e. The van der Waals surface area contributed by atoms with Gasteiger partial charge < -0.3 is 29.3 Å². The number of aliphatic carboxylic acids is 2. The summed E-state index contributed by atoms with van der Waals surface area (Å²) in [6, 6.07) is 7.80. The third-order valence-electron chi connectivity index (χ3n) is 7.69. The minimum absolute atomic E-state index is 0.0336. The number of nitrogens with zero attached hydrogens (tertiary/aromatic N) is 3. The molecule has 5 rings (SSSR count). The number of carboxylic acids is 2. The van der Waals surface area contributed by atoms with Gasteiger partial charge in [0.2, 0.25) is 0 Å². The van der Waals surface area contributed by atoms with Gasteiger partial charge >= 0.3 is 11.9 Å². The molecule has 2 aromatic heterocycles. The Morgan fingerprint density at radius 1 is 1.10 bits per heavy atom. The molecule has 1 fully saturated rings. The van der Waals surface area contributed by atoms with Gasteiger partial charge in [0.25, 0.3) is 5.56 Å². The minimum atomic E-state index is -1.26. The number of carboxylic acid groups (broad SMARTS) is 2. The monoisotopic (exact) mass is 579 g/mol. The van der Waals surface area contributed by atoms with Gasteiger partial charge in [-0.25, -0.2) is 14.6 Å². The van der Waals surface area contributed by atoms with Gasteiger partial charge in [0.1, 0.15) is 11.4 Å². The van der Waals surface area contributed by atoms with Crippen molar-refractivity contribution >= 4 is 17.6 Å². The Morgan fingerprint density at radius 3 is 2.48 bits per heavy atom. The van der Waals surface area contributed by atoms with Crippen molar-refractivity contribution in [3.8, 4) is 17.2 Å². The van der Waals surface area contributed by atoms with Crippen molar-refractivity contribution < 1.29 is 34.0 Å². The highest BCUT2D eigenvalue weighted by molar-refractivity contribution is 5.89. The van der Waals surface area contributed by atoms with Crippen molar-refractivity contribution in [1.29, 1.82) is 0 Å². The zero-order valence-corrected chi connectivity index (χ0v) is 24.3. The van der Waals surface area contributed by atoms with Crippen LogP contribution in [0.4, 0.5) is 0 Å². The molecule has 11 nitrogen and oxygen atoms in total. The third-order valence-corrected chi connectivity index (χ3v) is 7.69. The van der Waals surface area contributed by atoms with Crippen LogP contribution in [0.2, 0.25) is 0 Å². The summed E-state index contributed by atoms with van der Waals surface area (Å²) >= 11 is 0. The topological polar surface area (TPSA) is 140 Å². The Bertz CT molecular complexity index is 1530. The van der Waals surface area contributed by atoms with E-state index in [-0.39, 0.29) is 5.56 Å². The lowest BCUT2D eigenvalue weighted by Gasteiger charge is -2.30. The number of fused-ring (bicyclic) bond motifs is 4. The number of hydrogen-bond acceptors (Lipinski definition) is 8. The molecule has 0 bridgehead atoms. The maximum absolute atomic E-state index is 13.1. The van der Waals surface area contributed by atoms with E-state index in [1.807, 2.05) is 25.1 Å². The van der Waals surface area contributed by atoms with Crippen LogP contribution >= 0.6 is 0 Å². The van der Waals surface area contributed by atoms with E-state index < -0.39 is 11.9 Å². The highest BCUT2D eigenvalue weighted by Gasteiger charge is 2.41. The molecule has 0 radical (unpaired) electrons. The molecule has 4 heterocycles. The molecule has 224 valence electrons. The van der Waals surface area contributed by atoms with Crippen molar-refractivity contribution in [3.63, 3.8) is 0 Å². The Labute approximate surface area is 244 Å². The van der Waals surface area contributed by atoms with E-state index in [2.05, 4.69) is 22.9 Å². The van der Waals surface area contributed by atoms with Crippen molar-refractivity contribution in [3.05, 3.63) is 75.4 Å². The zero-order valence-electron chi connectivity index (χ0n) is 24.3. The van der Waals surface area contributed by atoms with Crippen LogP contribution in [0, 0.1) is 12.8 Å². The summed E-state index contributed by atoms with van der Waals surface area (Å²) in [6.07, 6.45) is 5.49. The molecule has 11 heteroatoms. The van der Waals surface area contributed by atoms with E-state index in [1.165, 1.54) is 5.56 Å². The van der Waals surface area contributed by atoms with Crippen LogP contribution < -0.4 is 19.8 Å². The molecule has 1 saturated heterocycles. The van der Waals surface area contributed by atoms with Gasteiger partial charge in [0.05, 0.1) is 20.8 Å². The molecule has 2 N–H and O–H groups in total. The molecule has 42 heavy (non-hydrogen) atoms. The number of likely N-dealkylation sites (tertiary alicyclic amines) is 1. The van der Waals surface area contributed by atoms with Crippen LogP contribution in [0.5, 0.6) is 17.2 Å². The third kappa shape index (κ3) is 6.57. The predicted molar refractivity (Wildman–Crippen MR) is 156 cm³/mol. The van der Waals surface area contributed by atoms with Gasteiger partial charge in [-0.3, -0.25) is 9.20 Å². The first-order valence-corrected chi connectivity index (χ1v) is 13.9. The fourth-order valence-electron chi connectivity index (χ4n) is 5.77. The maximum atomic E-state index is 13.1. The number of ether oxygens (including phenoxy) is 3. The van der Waals surface area contributed by atoms with Crippen LogP contribution in [0.15, 0.2) is 47.4 Å². The Morgan fingerprint density at radius 2 is 1.83 bits per heavy atom. The lowest BCUT2D eigenvalue weighted by molar-refractivity contribution is -0.134. The normalized spacial score (nSPS) is 17.6. The first kappa shape index (κ1) is 30.6. The largest absolute Gasteiger partial charge is 0.496 e. The SMILES string of the molecule is CCCc1c(OC)cc2c(c1OC)OC[C@H]1CN(CCc3c(C)nc4ccccn4c3=O)C[C@@H]21.O=C(O)/C=C/C(=O)O. The van der Waals surface area contributed by atoms with Crippen molar-refractivity contribution in [2.24, 2.45) is 5.92 Å². The standard InChI is InChI=1S/C27H33N3O4.C4H4O4/c1-5-8-20-23(32-3)13-21-22-15-29(14-18(22)16-34-26(21)25(20)33-4)12-10-19-17(2)28-24-9-6-7-11-30(24)27(19)31;5-3(6)1-2-4(7)8/h6-7,9,11,13,18,22H,5,8,10,12,14-16H2,1-4H3;1-2H,(H,5,6)(H,7,8)/b;2-1+/t18-,22-;/m1./s1. The number of hydrogen-bond donors (Lipinski definition) is 2. The predicted octanol–water partition coefficient (Wildman–Crippen LogP) is 3.33. The Kier molecular flexibility index (Phi) is 9.84. The number of pyridine rings is 1. The molecule has 0 spiro atoms. The molecule has 0 amide bonds. The maximum Gasteiger partial charge on any atom is 0.328 e.